The van der Waals surface area contributed by atoms with Gasteiger partial charge in [0, 0.05) is 11.4 Å². The van der Waals surface area contributed by atoms with Crippen LogP contribution in [0.1, 0.15) is 30.5 Å². The summed E-state index contributed by atoms with van der Waals surface area (Å²) in [4.78, 5) is 16.6. The lowest BCUT2D eigenvalue weighted by Crippen LogP contribution is -2.30. The van der Waals surface area contributed by atoms with Gasteiger partial charge in [-0.25, -0.2) is 5.06 Å². The summed E-state index contributed by atoms with van der Waals surface area (Å²) < 4.78 is 1.04. The van der Waals surface area contributed by atoms with E-state index in [9.17, 15) is 4.79 Å². The van der Waals surface area contributed by atoms with Gasteiger partial charge in [-0.2, -0.15) is 0 Å². The number of rotatable bonds is 2. The van der Waals surface area contributed by atoms with Gasteiger partial charge in [0.1, 0.15) is 0 Å². The number of aryl methyl sites for hydroxylation is 1. The van der Waals surface area contributed by atoms with Gasteiger partial charge in [-0.15, -0.1) is 0 Å². The Kier molecular flexibility index (Phi) is 3.30. The van der Waals surface area contributed by atoms with Crippen molar-refractivity contribution in [3.05, 3.63) is 33.8 Å². The molecular weight excluding hydrogens is 270 g/mol. The molecule has 1 unspecified atom stereocenters. The second kappa shape index (κ2) is 4.55. The fourth-order valence-corrected chi connectivity index (χ4v) is 2.65. The number of carbonyl (C=O) groups is 1. The third-order valence-corrected chi connectivity index (χ3v) is 3.44. The summed E-state index contributed by atoms with van der Waals surface area (Å²) in [5, 5.41) is 1.46. The Hall–Kier alpha value is -0.870. The summed E-state index contributed by atoms with van der Waals surface area (Å²) in [6.45, 7) is 1.53. The highest BCUT2D eigenvalue weighted by atomic mass is 79.9. The second-order valence-electron chi connectivity index (χ2n) is 3.92. The van der Waals surface area contributed by atoms with E-state index in [0.717, 1.165) is 17.3 Å². The molecule has 0 aromatic heterocycles. The van der Waals surface area contributed by atoms with Crippen molar-refractivity contribution >= 4 is 21.8 Å². The van der Waals surface area contributed by atoms with Gasteiger partial charge in [0.2, 0.25) is 5.91 Å². The molecule has 3 nitrogen and oxygen atoms in total. The molecule has 1 aliphatic rings. The number of hydroxylamine groups is 2. The van der Waals surface area contributed by atoms with Gasteiger partial charge < -0.3 is 0 Å². The van der Waals surface area contributed by atoms with Gasteiger partial charge >= 0.3 is 0 Å². The van der Waals surface area contributed by atoms with E-state index in [1.807, 2.05) is 6.07 Å². The molecule has 0 spiro atoms. The molecule has 1 aliphatic carbocycles. The van der Waals surface area contributed by atoms with Crippen molar-refractivity contribution in [1.82, 2.24) is 5.06 Å². The smallest absolute Gasteiger partial charge is 0.243 e. The zero-order valence-electron chi connectivity index (χ0n) is 9.37. The van der Waals surface area contributed by atoms with Crippen LogP contribution < -0.4 is 0 Å². The zero-order chi connectivity index (χ0) is 11.7. The molecule has 0 saturated heterocycles. The number of fused-ring (bicyclic) bond motifs is 1. The minimum Gasteiger partial charge on any atom is -0.274 e. The highest BCUT2D eigenvalue weighted by Crippen LogP contribution is 2.37. The average molecular weight is 284 g/mol. The molecule has 4 heteroatoms. The number of nitrogens with zero attached hydrogens (tertiary/aromatic N) is 1. The molecule has 1 aromatic carbocycles. The van der Waals surface area contributed by atoms with Crippen LogP contribution in [0.4, 0.5) is 0 Å². The quantitative estimate of drug-likeness (QED) is 0.781. The molecule has 0 saturated carbocycles. The molecule has 1 aromatic rings. The van der Waals surface area contributed by atoms with Crippen molar-refractivity contribution in [2.24, 2.45) is 0 Å². The van der Waals surface area contributed by atoms with Crippen LogP contribution in [0.3, 0.4) is 0 Å². The SMILES string of the molecule is CON(C(C)=O)C1CCc2ccc(Br)cc21. The van der Waals surface area contributed by atoms with Crippen molar-refractivity contribution in [1.29, 1.82) is 0 Å². The molecule has 1 amide bonds. The zero-order valence-corrected chi connectivity index (χ0v) is 11.0. The number of hydrogen-bond acceptors (Lipinski definition) is 2. The second-order valence-corrected chi connectivity index (χ2v) is 4.84. The standard InChI is InChI=1S/C12H14BrNO2/c1-8(15)14(16-2)12-6-4-9-3-5-10(13)7-11(9)12/h3,5,7,12H,4,6H2,1-2H3. The highest BCUT2D eigenvalue weighted by Gasteiger charge is 2.30. The van der Waals surface area contributed by atoms with Crippen molar-refractivity contribution in [3.8, 4) is 0 Å². The summed E-state index contributed by atoms with van der Waals surface area (Å²) in [6.07, 6.45) is 1.93. The van der Waals surface area contributed by atoms with Crippen LogP contribution in [0.5, 0.6) is 0 Å². The summed E-state index contributed by atoms with van der Waals surface area (Å²) in [5.41, 5.74) is 2.49. The fraction of sp³-hybridized carbons (Fsp3) is 0.417. The summed E-state index contributed by atoms with van der Waals surface area (Å²) in [6, 6.07) is 6.26. The Morgan fingerprint density at radius 2 is 2.31 bits per heavy atom. The van der Waals surface area contributed by atoms with E-state index < -0.39 is 0 Å². The van der Waals surface area contributed by atoms with E-state index in [1.165, 1.54) is 30.2 Å². The maximum Gasteiger partial charge on any atom is 0.243 e. The van der Waals surface area contributed by atoms with E-state index in [-0.39, 0.29) is 11.9 Å². The first-order valence-electron chi connectivity index (χ1n) is 5.25. The first-order valence-corrected chi connectivity index (χ1v) is 6.05. The molecule has 0 bridgehead atoms. The maximum absolute atomic E-state index is 11.4. The maximum atomic E-state index is 11.4. The van der Waals surface area contributed by atoms with Crippen LogP contribution in [0.2, 0.25) is 0 Å². The fourth-order valence-electron chi connectivity index (χ4n) is 2.27. The Bertz CT molecular complexity index is 419. The van der Waals surface area contributed by atoms with Crippen molar-refractivity contribution < 1.29 is 9.63 Å². The minimum atomic E-state index is -0.0553. The lowest BCUT2D eigenvalue weighted by atomic mass is 10.1. The molecule has 86 valence electrons. The molecule has 1 atom stereocenters. The molecule has 0 radical (unpaired) electrons. The van der Waals surface area contributed by atoms with E-state index in [4.69, 9.17) is 4.84 Å². The molecule has 0 fully saturated rings. The summed E-state index contributed by atoms with van der Waals surface area (Å²) in [7, 11) is 1.54. The van der Waals surface area contributed by atoms with Crippen LogP contribution in [0.15, 0.2) is 22.7 Å². The number of benzene rings is 1. The van der Waals surface area contributed by atoms with Crippen LogP contribution in [-0.2, 0) is 16.1 Å². The topological polar surface area (TPSA) is 29.5 Å². The highest BCUT2D eigenvalue weighted by molar-refractivity contribution is 9.10. The predicted octanol–water partition coefficient (Wildman–Crippen LogP) is 2.85. The Morgan fingerprint density at radius 1 is 1.56 bits per heavy atom. The van der Waals surface area contributed by atoms with Crippen LogP contribution in [-0.4, -0.2) is 18.1 Å². The van der Waals surface area contributed by atoms with Gasteiger partial charge in [0.05, 0.1) is 13.2 Å². The van der Waals surface area contributed by atoms with Crippen LogP contribution >= 0.6 is 15.9 Å². The van der Waals surface area contributed by atoms with E-state index in [2.05, 4.69) is 28.1 Å². The van der Waals surface area contributed by atoms with Gasteiger partial charge in [-0.05, 0) is 36.1 Å². The molecule has 2 rings (SSSR count). The third kappa shape index (κ3) is 1.99. The molecule has 0 aliphatic heterocycles. The monoisotopic (exact) mass is 283 g/mol. The Labute approximate surface area is 103 Å². The molecule has 16 heavy (non-hydrogen) atoms. The minimum absolute atomic E-state index is 0.0509. The van der Waals surface area contributed by atoms with Crippen molar-refractivity contribution in [3.63, 3.8) is 0 Å². The average Bonchev–Trinajstić information content (AvgIpc) is 2.62. The van der Waals surface area contributed by atoms with Crippen LogP contribution in [0, 0.1) is 0 Å². The molecule has 0 heterocycles. The Balaban J connectivity index is 2.35. The van der Waals surface area contributed by atoms with Crippen LogP contribution in [0.25, 0.3) is 0 Å². The van der Waals surface area contributed by atoms with E-state index >= 15 is 0 Å². The number of carbonyl (C=O) groups excluding carboxylic acids is 1. The molecule has 0 N–H and O–H groups in total. The van der Waals surface area contributed by atoms with E-state index in [0.29, 0.717) is 0 Å². The third-order valence-electron chi connectivity index (χ3n) is 2.94. The lowest BCUT2D eigenvalue weighted by molar-refractivity contribution is -0.187. The van der Waals surface area contributed by atoms with E-state index in [1.54, 1.807) is 0 Å². The summed E-state index contributed by atoms with van der Waals surface area (Å²) >= 11 is 3.46. The number of amides is 1. The van der Waals surface area contributed by atoms with Gasteiger partial charge in [0.15, 0.2) is 0 Å². The number of hydrogen-bond donors (Lipinski definition) is 0. The van der Waals surface area contributed by atoms with Gasteiger partial charge in [0.25, 0.3) is 0 Å². The van der Waals surface area contributed by atoms with Crippen molar-refractivity contribution in [2.75, 3.05) is 7.11 Å². The first kappa shape index (κ1) is 11.6. The lowest BCUT2D eigenvalue weighted by Gasteiger charge is -2.25. The number of halogens is 1. The Morgan fingerprint density at radius 3 is 2.94 bits per heavy atom. The summed E-state index contributed by atoms with van der Waals surface area (Å²) in [5.74, 6) is -0.0553. The molecular formula is C12H14BrNO2. The van der Waals surface area contributed by atoms with Gasteiger partial charge in [-0.3, -0.25) is 9.63 Å². The normalized spacial score (nSPS) is 18.3. The predicted molar refractivity (Wildman–Crippen MR) is 64.7 cm³/mol. The van der Waals surface area contributed by atoms with Gasteiger partial charge in [-0.1, -0.05) is 22.0 Å². The van der Waals surface area contributed by atoms with Crippen molar-refractivity contribution in [2.45, 2.75) is 25.8 Å². The largest absolute Gasteiger partial charge is 0.274 e. The first-order chi connectivity index (χ1) is 7.63.